The van der Waals surface area contributed by atoms with Gasteiger partial charge in [0.2, 0.25) is 0 Å². The van der Waals surface area contributed by atoms with Gasteiger partial charge in [-0.05, 0) is 24.8 Å². The van der Waals surface area contributed by atoms with Crippen molar-refractivity contribution in [1.29, 1.82) is 0 Å². The number of aromatic amines is 1. The summed E-state index contributed by atoms with van der Waals surface area (Å²) in [5.41, 5.74) is 0.600. The number of nitrogens with zero attached hydrogens (tertiary/aromatic N) is 3. The van der Waals surface area contributed by atoms with Crippen molar-refractivity contribution in [1.82, 2.24) is 19.9 Å². The van der Waals surface area contributed by atoms with Crippen molar-refractivity contribution in [3.8, 4) is 0 Å². The molecule has 0 unspecified atom stereocenters. The van der Waals surface area contributed by atoms with Crippen LogP contribution in [0.3, 0.4) is 0 Å². The number of hydrogen-bond donors (Lipinski definition) is 2. The van der Waals surface area contributed by atoms with Crippen molar-refractivity contribution in [2.45, 2.75) is 17.2 Å². The average Bonchev–Trinajstić information content (AvgIpc) is 2.69. The molecular weight excluding hydrogens is 228 g/mol. The second-order valence-corrected chi connectivity index (χ2v) is 3.93. The van der Waals surface area contributed by atoms with E-state index in [0.717, 1.165) is 0 Å². The normalized spacial score (nSPS) is 10.3. The van der Waals surface area contributed by atoms with Crippen LogP contribution in [0.25, 0.3) is 0 Å². The number of imidazole rings is 1. The molecule has 0 radical (unpaired) electrons. The van der Waals surface area contributed by atoms with Crippen LogP contribution >= 0.6 is 11.8 Å². The number of carbonyl (C=O) groups is 1. The Labute approximate surface area is 95.2 Å². The van der Waals surface area contributed by atoms with Crippen LogP contribution < -0.4 is 0 Å². The first kappa shape index (κ1) is 10.6. The molecule has 0 saturated heterocycles. The summed E-state index contributed by atoms with van der Waals surface area (Å²) in [7, 11) is 0. The lowest BCUT2D eigenvalue weighted by molar-refractivity contribution is 0.0689. The van der Waals surface area contributed by atoms with Gasteiger partial charge in [-0.25, -0.2) is 19.7 Å². The van der Waals surface area contributed by atoms with Gasteiger partial charge in [-0.15, -0.1) is 0 Å². The molecule has 0 spiro atoms. The zero-order valence-corrected chi connectivity index (χ0v) is 9.15. The van der Waals surface area contributed by atoms with E-state index in [-0.39, 0.29) is 5.69 Å². The van der Waals surface area contributed by atoms with Crippen LogP contribution in [0.1, 0.15) is 16.2 Å². The summed E-state index contributed by atoms with van der Waals surface area (Å²) in [6, 6.07) is 1.43. The lowest BCUT2D eigenvalue weighted by Crippen LogP contribution is -2.03. The van der Waals surface area contributed by atoms with Gasteiger partial charge in [0.05, 0.1) is 0 Å². The molecule has 0 aliphatic heterocycles. The van der Waals surface area contributed by atoms with Crippen molar-refractivity contribution in [3.63, 3.8) is 0 Å². The van der Waals surface area contributed by atoms with Gasteiger partial charge in [-0.3, -0.25) is 0 Å². The highest BCUT2D eigenvalue weighted by Gasteiger charge is 2.10. The van der Waals surface area contributed by atoms with E-state index < -0.39 is 5.97 Å². The van der Waals surface area contributed by atoms with E-state index in [9.17, 15) is 4.79 Å². The lowest BCUT2D eigenvalue weighted by atomic mass is 10.3. The SMILES string of the molecule is Cc1cc(C(=O)O)nc(Sc2ncc[nH]2)n1. The number of H-pyrrole nitrogens is 1. The largest absolute Gasteiger partial charge is 0.477 e. The number of carboxylic acid groups (broad SMARTS) is 1. The Morgan fingerprint density at radius 2 is 2.31 bits per heavy atom. The van der Waals surface area contributed by atoms with Crippen molar-refractivity contribution in [2.24, 2.45) is 0 Å². The van der Waals surface area contributed by atoms with Crippen molar-refractivity contribution >= 4 is 17.7 Å². The van der Waals surface area contributed by atoms with Crippen LogP contribution in [0.5, 0.6) is 0 Å². The van der Waals surface area contributed by atoms with Gasteiger partial charge in [-0.1, -0.05) is 0 Å². The topological polar surface area (TPSA) is 91.8 Å². The molecule has 7 heteroatoms. The first-order valence-corrected chi connectivity index (χ1v) is 5.23. The Hall–Kier alpha value is -1.89. The minimum absolute atomic E-state index is 0.0124. The van der Waals surface area contributed by atoms with Gasteiger partial charge in [0.15, 0.2) is 16.0 Å². The number of aryl methyl sites for hydroxylation is 1. The van der Waals surface area contributed by atoms with Gasteiger partial charge in [-0.2, -0.15) is 0 Å². The van der Waals surface area contributed by atoms with E-state index in [1.54, 1.807) is 19.3 Å². The fraction of sp³-hybridized carbons (Fsp3) is 0.111. The third-order valence-electron chi connectivity index (χ3n) is 1.71. The molecule has 0 aliphatic rings. The Morgan fingerprint density at radius 1 is 1.50 bits per heavy atom. The van der Waals surface area contributed by atoms with Crippen LogP contribution in [0.4, 0.5) is 0 Å². The number of aromatic carboxylic acids is 1. The third-order valence-corrected chi connectivity index (χ3v) is 2.50. The number of nitrogens with one attached hydrogen (secondary N) is 1. The monoisotopic (exact) mass is 236 g/mol. The van der Waals surface area contributed by atoms with E-state index in [2.05, 4.69) is 19.9 Å². The summed E-state index contributed by atoms with van der Waals surface area (Å²) in [6.45, 7) is 1.72. The first-order valence-electron chi connectivity index (χ1n) is 4.41. The molecule has 0 amide bonds. The first-order chi connectivity index (χ1) is 7.65. The Morgan fingerprint density at radius 3 is 2.94 bits per heavy atom. The van der Waals surface area contributed by atoms with Crippen LogP contribution in [0, 0.1) is 6.92 Å². The van der Waals surface area contributed by atoms with Crippen LogP contribution in [-0.2, 0) is 0 Å². The average molecular weight is 236 g/mol. The van der Waals surface area contributed by atoms with E-state index in [1.807, 2.05) is 0 Å². The van der Waals surface area contributed by atoms with Crippen molar-refractivity contribution < 1.29 is 9.90 Å². The van der Waals surface area contributed by atoms with Gasteiger partial charge in [0.25, 0.3) is 0 Å². The number of carboxylic acids is 1. The second kappa shape index (κ2) is 4.31. The van der Waals surface area contributed by atoms with Crippen LogP contribution in [-0.4, -0.2) is 31.0 Å². The minimum atomic E-state index is -1.06. The maximum atomic E-state index is 10.8. The van der Waals surface area contributed by atoms with Gasteiger partial charge < -0.3 is 10.1 Å². The van der Waals surface area contributed by atoms with Crippen LogP contribution in [0.2, 0.25) is 0 Å². The van der Waals surface area contributed by atoms with Crippen LogP contribution in [0.15, 0.2) is 28.8 Å². The molecule has 2 rings (SSSR count). The summed E-state index contributed by atoms with van der Waals surface area (Å²) in [5.74, 6) is -1.06. The van der Waals surface area contributed by atoms with E-state index in [1.165, 1.54) is 17.8 Å². The molecule has 6 nitrogen and oxygen atoms in total. The highest BCUT2D eigenvalue weighted by atomic mass is 32.2. The van der Waals surface area contributed by atoms with Gasteiger partial charge in [0.1, 0.15) is 0 Å². The van der Waals surface area contributed by atoms with E-state index >= 15 is 0 Å². The molecule has 0 atom stereocenters. The zero-order valence-electron chi connectivity index (χ0n) is 8.34. The Bertz CT molecular complexity index is 512. The molecule has 0 fully saturated rings. The number of rotatable bonds is 3. The fourth-order valence-corrected chi connectivity index (χ4v) is 1.84. The molecule has 0 aliphatic carbocycles. The fourth-order valence-electron chi connectivity index (χ4n) is 1.09. The standard InChI is InChI=1S/C9H8N4O2S/c1-5-4-6(7(14)15)13-9(12-5)16-8-10-2-3-11-8/h2-4H,1H3,(H,10,11)(H,14,15). The van der Waals surface area contributed by atoms with Gasteiger partial charge >= 0.3 is 5.97 Å². The number of aromatic nitrogens is 4. The molecule has 0 bridgehead atoms. The second-order valence-electron chi connectivity index (χ2n) is 2.98. The maximum Gasteiger partial charge on any atom is 0.354 e. The molecule has 0 aromatic carbocycles. The zero-order chi connectivity index (χ0) is 11.5. The molecule has 16 heavy (non-hydrogen) atoms. The van der Waals surface area contributed by atoms with Crippen molar-refractivity contribution in [2.75, 3.05) is 0 Å². The molecule has 0 saturated carbocycles. The van der Waals surface area contributed by atoms with Crippen molar-refractivity contribution in [3.05, 3.63) is 29.8 Å². The molecule has 2 aromatic heterocycles. The summed E-state index contributed by atoms with van der Waals surface area (Å²) >= 11 is 1.19. The summed E-state index contributed by atoms with van der Waals surface area (Å²) in [6.07, 6.45) is 3.28. The third kappa shape index (κ3) is 2.37. The van der Waals surface area contributed by atoms with E-state index in [4.69, 9.17) is 5.11 Å². The smallest absolute Gasteiger partial charge is 0.354 e. The summed E-state index contributed by atoms with van der Waals surface area (Å²) < 4.78 is 0. The molecular formula is C9H8N4O2S. The minimum Gasteiger partial charge on any atom is -0.477 e. The Kier molecular flexibility index (Phi) is 2.86. The molecule has 2 heterocycles. The maximum absolute atomic E-state index is 10.8. The summed E-state index contributed by atoms with van der Waals surface area (Å²) in [4.78, 5) is 25.7. The predicted molar refractivity (Wildman–Crippen MR) is 56.4 cm³/mol. The highest BCUT2D eigenvalue weighted by molar-refractivity contribution is 7.99. The predicted octanol–water partition coefficient (Wildman–Crippen LogP) is 1.36. The molecule has 82 valence electrons. The van der Waals surface area contributed by atoms with Gasteiger partial charge in [0, 0.05) is 18.1 Å². The molecule has 2 aromatic rings. The quantitative estimate of drug-likeness (QED) is 0.782. The molecule has 2 N–H and O–H groups in total. The number of hydrogen-bond acceptors (Lipinski definition) is 5. The lowest BCUT2D eigenvalue weighted by Gasteiger charge is -2.00. The summed E-state index contributed by atoms with van der Waals surface area (Å²) in [5, 5.41) is 9.83. The van der Waals surface area contributed by atoms with E-state index in [0.29, 0.717) is 16.0 Å². The highest BCUT2D eigenvalue weighted by Crippen LogP contribution is 2.20. The Balaban J connectivity index is 2.31.